The molecule has 0 radical (unpaired) electrons. The van der Waals surface area contributed by atoms with Crippen molar-refractivity contribution >= 4 is 5.91 Å². The summed E-state index contributed by atoms with van der Waals surface area (Å²) in [6.07, 6.45) is 2.01. The molecule has 3 heteroatoms. The Morgan fingerprint density at radius 2 is 2.16 bits per heavy atom. The topological polar surface area (TPSA) is 41.1 Å². The molecule has 1 amide bonds. The summed E-state index contributed by atoms with van der Waals surface area (Å²) in [5, 5.41) is 6.22. The first-order valence-electron chi connectivity index (χ1n) is 7.20. The summed E-state index contributed by atoms with van der Waals surface area (Å²) < 4.78 is 0. The van der Waals surface area contributed by atoms with Crippen LogP contribution in [0.2, 0.25) is 0 Å². The number of aryl methyl sites for hydroxylation is 2. The van der Waals surface area contributed by atoms with Gasteiger partial charge in [0, 0.05) is 6.54 Å². The smallest absolute Gasteiger partial charge is 0.237 e. The highest BCUT2D eigenvalue weighted by Crippen LogP contribution is 2.29. The maximum absolute atomic E-state index is 11.9. The van der Waals surface area contributed by atoms with E-state index in [1.54, 1.807) is 0 Å². The highest BCUT2D eigenvalue weighted by Gasteiger charge is 2.27. The first-order chi connectivity index (χ1) is 9.11. The molecule has 0 aromatic heterocycles. The minimum atomic E-state index is -0.0414. The predicted molar refractivity (Wildman–Crippen MR) is 78.4 cm³/mol. The van der Waals surface area contributed by atoms with Gasteiger partial charge in [0.15, 0.2) is 0 Å². The van der Waals surface area contributed by atoms with Crippen LogP contribution in [0.25, 0.3) is 0 Å². The molecule has 1 aliphatic heterocycles. The zero-order valence-corrected chi connectivity index (χ0v) is 12.1. The Kier molecular flexibility index (Phi) is 4.59. The lowest BCUT2D eigenvalue weighted by Gasteiger charge is -2.30. The van der Waals surface area contributed by atoms with E-state index in [2.05, 4.69) is 42.7 Å². The zero-order chi connectivity index (χ0) is 13.8. The molecule has 1 aromatic carbocycles. The SMILES string of the molecule is CCNC(=O)C1CC(c2ccc(C)c(C)c2)CCN1. The molecule has 2 rings (SSSR count). The highest BCUT2D eigenvalue weighted by molar-refractivity contribution is 5.81. The van der Waals surface area contributed by atoms with Gasteiger partial charge in [-0.05, 0) is 62.8 Å². The summed E-state index contributed by atoms with van der Waals surface area (Å²) in [5.74, 6) is 0.629. The van der Waals surface area contributed by atoms with E-state index >= 15 is 0 Å². The van der Waals surface area contributed by atoms with Crippen molar-refractivity contribution in [3.05, 3.63) is 34.9 Å². The van der Waals surface area contributed by atoms with E-state index in [9.17, 15) is 4.79 Å². The Labute approximate surface area is 115 Å². The predicted octanol–water partition coefficient (Wildman–Crippen LogP) is 2.28. The Morgan fingerprint density at radius 1 is 1.37 bits per heavy atom. The number of carbonyl (C=O) groups excluding carboxylic acids is 1. The molecule has 1 aliphatic rings. The van der Waals surface area contributed by atoms with E-state index in [1.807, 2.05) is 6.92 Å². The van der Waals surface area contributed by atoms with E-state index in [0.717, 1.165) is 19.4 Å². The fourth-order valence-electron chi connectivity index (χ4n) is 2.74. The summed E-state index contributed by atoms with van der Waals surface area (Å²) >= 11 is 0. The van der Waals surface area contributed by atoms with Crippen LogP contribution in [0.1, 0.15) is 42.4 Å². The number of rotatable bonds is 3. The number of likely N-dealkylation sites (N-methyl/N-ethyl adjacent to an activating group) is 1. The van der Waals surface area contributed by atoms with Gasteiger partial charge < -0.3 is 10.6 Å². The molecule has 0 spiro atoms. The molecule has 1 fully saturated rings. The molecule has 2 atom stereocenters. The molecule has 0 aliphatic carbocycles. The molecular formula is C16H24N2O. The van der Waals surface area contributed by atoms with Gasteiger partial charge in [0.1, 0.15) is 0 Å². The van der Waals surface area contributed by atoms with Gasteiger partial charge in [0.05, 0.1) is 6.04 Å². The van der Waals surface area contributed by atoms with Crippen molar-refractivity contribution in [2.24, 2.45) is 0 Å². The van der Waals surface area contributed by atoms with Crippen molar-refractivity contribution in [1.29, 1.82) is 0 Å². The second-order valence-electron chi connectivity index (χ2n) is 5.47. The minimum absolute atomic E-state index is 0.0414. The third kappa shape index (κ3) is 3.35. The molecule has 0 bridgehead atoms. The quantitative estimate of drug-likeness (QED) is 0.875. The van der Waals surface area contributed by atoms with Crippen LogP contribution in [-0.4, -0.2) is 25.0 Å². The summed E-state index contributed by atoms with van der Waals surface area (Å²) in [6.45, 7) is 7.87. The second kappa shape index (κ2) is 6.20. The average Bonchev–Trinajstić information content (AvgIpc) is 2.42. The molecular weight excluding hydrogens is 236 g/mol. The van der Waals surface area contributed by atoms with E-state index in [1.165, 1.54) is 16.7 Å². The summed E-state index contributed by atoms with van der Waals surface area (Å²) in [6, 6.07) is 6.64. The van der Waals surface area contributed by atoms with Gasteiger partial charge in [-0.25, -0.2) is 0 Å². The van der Waals surface area contributed by atoms with Gasteiger partial charge >= 0.3 is 0 Å². The fraction of sp³-hybridized carbons (Fsp3) is 0.562. The van der Waals surface area contributed by atoms with Gasteiger partial charge in [-0.1, -0.05) is 18.2 Å². The van der Waals surface area contributed by atoms with Crippen molar-refractivity contribution in [1.82, 2.24) is 10.6 Å². The van der Waals surface area contributed by atoms with Crippen LogP contribution in [0.15, 0.2) is 18.2 Å². The first-order valence-corrected chi connectivity index (χ1v) is 7.20. The van der Waals surface area contributed by atoms with Crippen LogP contribution in [0, 0.1) is 13.8 Å². The average molecular weight is 260 g/mol. The van der Waals surface area contributed by atoms with Crippen molar-refractivity contribution in [2.75, 3.05) is 13.1 Å². The van der Waals surface area contributed by atoms with Gasteiger partial charge in [-0.2, -0.15) is 0 Å². The Morgan fingerprint density at radius 3 is 2.84 bits per heavy atom. The van der Waals surface area contributed by atoms with Gasteiger partial charge in [-0.15, -0.1) is 0 Å². The maximum Gasteiger partial charge on any atom is 0.237 e. The van der Waals surface area contributed by atoms with Crippen molar-refractivity contribution in [2.45, 2.75) is 45.6 Å². The number of benzene rings is 1. The Balaban J connectivity index is 2.08. The lowest BCUT2D eigenvalue weighted by atomic mass is 9.85. The van der Waals surface area contributed by atoms with E-state index in [0.29, 0.717) is 12.5 Å². The molecule has 1 heterocycles. The Bertz CT molecular complexity index is 456. The number of hydrogen-bond acceptors (Lipinski definition) is 2. The van der Waals surface area contributed by atoms with E-state index < -0.39 is 0 Å². The molecule has 1 aromatic rings. The van der Waals surface area contributed by atoms with Crippen molar-refractivity contribution < 1.29 is 4.79 Å². The summed E-state index contributed by atoms with van der Waals surface area (Å²) in [7, 11) is 0. The number of nitrogens with one attached hydrogen (secondary N) is 2. The Hall–Kier alpha value is -1.35. The first kappa shape index (κ1) is 14.1. The third-order valence-corrected chi connectivity index (χ3v) is 4.07. The summed E-state index contributed by atoms with van der Waals surface area (Å²) in [4.78, 5) is 11.9. The number of piperidine rings is 1. The maximum atomic E-state index is 11.9. The van der Waals surface area contributed by atoms with E-state index in [-0.39, 0.29) is 11.9 Å². The van der Waals surface area contributed by atoms with Crippen LogP contribution in [0.4, 0.5) is 0 Å². The number of carbonyl (C=O) groups is 1. The van der Waals surface area contributed by atoms with Crippen LogP contribution < -0.4 is 10.6 Å². The lowest BCUT2D eigenvalue weighted by molar-refractivity contribution is -0.123. The van der Waals surface area contributed by atoms with E-state index in [4.69, 9.17) is 0 Å². The summed E-state index contributed by atoms with van der Waals surface area (Å²) in [5.41, 5.74) is 4.04. The van der Waals surface area contributed by atoms with Crippen molar-refractivity contribution in [3.8, 4) is 0 Å². The van der Waals surface area contributed by atoms with Crippen molar-refractivity contribution in [3.63, 3.8) is 0 Å². The fourth-order valence-corrected chi connectivity index (χ4v) is 2.74. The highest BCUT2D eigenvalue weighted by atomic mass is 16.2. The second-order valence-corrected chi connectivity index (χ2v) is 5.47. The molecule has 104 valence electrons. The largest absolute Gasteiger partial charge is 0.355 e. The van der Waals surface area contributed by atoms with Crippen LogP contribution >= 0.6 is 0 Å². The standard InChI is InChI=1S/C16H24N2O/c1-4-17-16(19)15-10-14(7-8-18-15)13-6-5-11(2)12(3)9-13/h5-6,9,14-15,18H,4,7-8,10H2,1-3H3,(H,17,19). The molecule has 19 heavy (non-hydrogen) atoms. The van der Waals surface area contributed by atoms with Gasteiger partial charge in [-0.3, -0.25) is 4.79 Å². The van der Waals surface area contributed by atoms with Crippen LogP contribution in [-0.2, 0) is 4.79 Å². The van der Waals surface area contributed by atoms with Gasteiger partial charge in [0.2, 0.25) is 5.91 Å². The molecule has 2 unspecified atom stereocenters. The zero-order valence-electron chi connectivity index (χ0n) is 12.1. The van der Waals surface area contributed by atoms with Crippen LogP contribution in [0.3, 0.4) is 0 Å². The third-order valence-electron chi connectivity index (χ3n) is 4.07. The van der Waals surface area contributed by atoms with Crippen LogP contribution in [0.5, 0.6) is 0 Å². The number of hydrogen-bond donors (Lipinski definition) is 2. The normalized spacial score (nSPS) is 23.1. The molecule has 0 saturated carbocycles. The van der Waals surface area contributed by atoms with Gasteiger partial charge in [0.25, 0.3) is 0 Å². The molecule has 1 saturated heterocycles. The molecule has 2 N–H and O–H groups in total. The molecule has 3 nitrogen and oxygen atoms in total. The monoisotopic (exact) mass is 260 g/mol. The lowest BCUT2D eigenvalue weighted by Crippen LogP contribution is -2.48. The number of amides is 1. The minimum Gasteiger partial charge on any atom is -0.355 e.